The first kappa shape index (κ1) is 21.1. The van der Waals surface area contributed by atoms with Crippen molar-refractivity contribution in [3.05, 3.63) is 77.2 Å². The van der Waals surface area contributed by atoms with Gasteiger partial charge in [-0.25, -0.2) is 18.4 Å². The average molecular weight is 477 g/mol. The number of carboxylic acids is 1. The van der Waals surface area contributed by atoms with Gasteiger partial charge in [0, 0.05) is 34.0 Å². The summed E-state index contributed by atoms with van der Waals surface area (Å²) in [6, 6.07) is 12.1. The number of hydrogen-bond acceptors (Lipinski definition) is 5. The van der Waals surface area contributed by atoms with Crippen LogP contribution in [0.1, 0.15) is 0 Å². The molecule has 8 nitrogen and oxygen atoms in total. The van der Waals surface area contributed by atoms with Crippen LogP contribution in [0.4, 0.5) is 5.69 Å². The summed E-state index contributed by atoms with van der Waals surface area (Å²) in [5, 5.41) is 10.3. The highest BCUT2D eigenvalue weighted by atomic mass is 35.5. The van der Waals surface area contributed by atoms with Crippen molar-refractivity contribution < 1.29 is 18.3 Å². The fourth-order valence-corrected chi connectivity index (χ4v) is 5.25. The Morgan fingerprint density at radius 2 is 1.71 bits per heavy atom. The van der Waals surface area contributed by atoms with E-state index in [0.29, 0.717) is 11.3 Å². The van der Waals surface area contributed by atoms with Crippen molar-refractivity contribution in [2.24, 2.45) is 0 Å². The van der Waals surface area contributed by atoms with E-state index >= 15 is 0 Å². The summed E-state index contributed by atoms with van der Waals surface area (Å²) < 4.78 is 29.1. The van der Waals surface area contributed by atoms with Crippen LogP contribution in [0.25, 0.3) is 16.9 Å². The van der Waals surface area contributed by atoms with Crippen LogP contribution in [-0.2, 0) is 14.8 Å². The third-order valence-electron chi connectivity index (χ3n) is 4.43. The third kappa shape index (κ3) is 4.20. The van der Waals surface area contributed by atoms with Crippen LogP contribution in [0.2, 0.25) is 10.0 Å². The Hall–Kier alpha value is -3.14. The molecule has 0 radical (unpaired) electrons. The maximum absolute atomic E-state index is 13.3. The number of sulfonamides is 1. The number of benzene rings is 2. The molecule has 0 saturated carbocycles. The number of fused-ring (bicyclic) bond motifs is 1. The van der Waals surface area contributed by atoms with Crippen LogP contribution < -0.4 is 4.31 Å². The summed E-state index contributed by atoms with van der Waals surface area (Å²) in [4.78, 5) is 19.7. The van der Waals surface area contributed by atoms with Gasteiger partial charge in [-0.3, -0.25) is 13.7 Å². The second kappa shape index (κ2) is 8.18. The maximum Gasteiger partial charge on any atom is 0.324 e. The lowest BCUT2D eigenvalue weighted by molar-refractivity contribution is -0.135. The van der Waals surface area contributed by atoms with E-state index in [-0.39, 0.29) is 20.6 Å². The van der Waals surface area contributed by atoms with Crippen molar-refractivity contribution in [2.45, 2.75) is 4.90 Å². The molecule has 0 saturated heterocycles. The number of aliphatic carboxylic acids is 1. The van der Waals surface area contributed by atoms with Crippen LogP contribution in [0.15, 0.2) is 72.0 Å². The minimum Gasteiger partial charge on any atom is -0.480 e. The van der Waals surface area contributed by atoms with Gasteiger partial charge in [0.2, 0.25) is 5.95 Å². The van der Waals surface area contributed by atoms with E-state index in [1.54, 1.807) is 47.4 Å². The molecule has 0 aliphatic heterocycles. The van der Waals surface area contributed by atoms with Crippen LogP contribution in [-0.4, -0.2) is 40.6 Å². The molecule has 0 aliphatic rings. The Kier molecular flexibility index (Phi) is 5.57. The molecular weight excluding hydrogens is 463 g/mol. The SMILES string of the molecule is O=C(O)CN(c1ccc2c(ccn2-c2ncccn2)c1)S(=O)(=O)c1cc(Cl)cc(Cl)c1. The highest BCUT2D eigenvalue weighted by molar-refractivity contribution is 7.92. The van der Waals surface area contributed by atoms with Crippen LogP contribution in [0.5, 0.6) is 0 Å². The largest absolute Gasteiger partial charge is 0.480 e. The number of hydrogen-bond donors (Lipinski definition) is 1. The molecule has 4 aromatic rings. The average Bonchev–Trinajstić information content (AvgIpc) is 3.15. The van der Waals surface area contributed by atoms with E-state index in [1.807, 2.05) is 0 Å². The summed E-state index contributed by atoms with van der Waals surface area (Å²) in [7, 11) is -4.26. The third-order valence-corrected chi connectivity index (χ3v) is 6.62. The molecular formula is C20H14Cl2N4O4S. The Balaban J connectivity index is 1.82. The Labute approximate surface area is 187 Å². The minimum absolute atomic E-state index is 0.122. The molecule has 0 fully saturated rings. The van der Waals surface area contributed by atoms with Crippen molar-refractivity contribution in [2.75, 3.05) is 10.8 Å². The number of carbonyl (C=O) groups is 1. The van der Waals surface area contributed by atoms with E-state index in [4.69, 9.17) is 23.2 Å². The molecule has 0 amide bonds. The smallest absolute Gasteiger partial charge is 0.324 e. The number of rotatable bonds is 6. The molecule has 0 aliphatic carbocycles. The fourth-order valence-electron chi connectivity index (χ4n) is 3.12. The van der Waals surface area contributed by atoms with Crippen molar-refractivity contribution in [1.82, 2.24) is 14.5 Å². The number of nitrogens with zero attached hydrogens (tertiary/aromatic N) is 4. The molecule has 4 rings (SSSR count). The molecule has 0 atom stereocenters. The van der Waals surface area contributed by atoms with Gasteiger partial charge in [-0.15, -0.1) is 0 Å². The highest BCUT2D eigenvalue weighted by Crippen LogP contribution is 2.30. The summed E-state index contributed by atoms with van der Waals surface area (Å²) in [6.07, 6.45) is 4.97. The molecule has 158 valence electrons. The first-order valence-corrected chi connectivity index (χ1v) is 11.0. The van der Waals surface area contributed by atoms with Gasteiger partial charge in [-0.05, 0) is 48.5 Å². The predicted molar refractivity (Wildman–Crippen MR) is 117 cm³/mol. The number of aromatic nitrogens is 3. The van der Waals surface area contributed by atoms with Gasteiger partial charge < -0.3 is 5.11 Å². The molecule has 1 N–H and O–H groups in total. The van der Waals surface area contributed by atoms with Gasteiger partial charge in [0.25, 0.3) is 10.0 Å². The van der Waals surface area contributed by atoms with Gasteiger partial charge in [0.15, 0.2) is 0 Å². The first-order chi connectivity index (χ1) is 14.8. The van der Waals surface area contributed by atoms with Crippen molar-refractivity contribution in [3.8, 4) is 5.95 Å². The molecule has 0 bridgehead atoms. The lowest BCUT2D eigenvalue weighted by atomic mass is 10.2. The summed E-state index contributed by atoms with van der Waals surface area (Å²) in [5.74, 6) is -0.860. The Bertz CT molecular complexity index is 1370. The van der Waals surface area contributed by atoms with Crippen molar-refractivity contribution in [3.63, 3.8) is 0 Å². The van der Waals surface area contributed by atoms with E-state index in [9.17, 15) is 18.3 Å². The number of carboxylic acid groups (broad SMARTS) is 1. The second-order valence-electron chi connectivity index (χ2n) is 6.49. The molecule has 31 heavy (non-hydrogen) atoms. The quantitative estimate of drug-likeness (QED) is 0.450. The zero-order valence-corrected chi connectivity index (χ0v) is 18.0. The predicted octanol–water partition coefficient (Wildman–Crippen LogP) is 4.01. The van der Waals surface area contributed by atoms with Crippen LogP contribution >= 0.6 is 23.2 Å². The van der Waals surface area contributed by atoms with E-state index < -0.39 is 22.5 Å². The lowest BCUT2D eigenvalue weighted by Crippen LogP contribution is -2.35. The van der Waals surface area contributed by atoms with E-state index in [2.05, 4.69) is 9.97 Å². The van der Waals surface area contributed by atoms with Crippen molar-refractivity contribution in [1.29, 1.82) is 0 Å². The van der Waals surface area contributed by atoms with Crippen LogP contribution in [0.3, 0.4) is 0 Å². The Morgan fingerprint density at radius 1 is 1.03 bits per heavy atom. The standard InChI is InChI=1S/C20H14Cl2N4O4S/c21-14-9-15(22)11-17(10-14)31(29,30)26(12-19(27)28)16-2-3-18-13(8-16)4-7-25(18)20-23-5-1-6-24-20/h1-11H,12H2,(H,27,28). The van der Waals surface area contributed by atoms with Gasteiger partial charge in [0.05, 0.1) is 16.1 Å². The molecule has 0 spiro atoms. The lowest BCUT2D eigenvalue weighted by Gasteiger charge is -2.23. The van der Waals surface area contributed by atoms with Gasteiger partial charge in [-0.1, -0.05) is 23.2 Å². The molecule has 2 aromatic heterocycles. The number of halogens is 2. The second-order valence-corrected chi connectivity index (χ2v) is 9.22. The monoisotopic (exact) mass is 476 g/mol. The van der Waals surface area contributed by atoms with Gasteiger partial charge in [0.1, 0.15) is 6.54 Å². The summed E-state index contributed by atoms with van der Waals surface area (Å²) >= 11 is 11.9. The minimum atomic E-state index is -4.26. The molecule has 11 heteroatoms. The zero-order valence-electron chi connectivity index (χ0n) is 15.7. The molecule has 2 heterocycles. The topological polar surface area (TPSA) is 105 Å². The van der Waals surface area contributed by atoms with Gasteiger partial charge >= 0.3 is 5.97 Å². The summed E-state index contributed by atoms with van der Waals surface area (Å²) in [6.45, 7) is -0.777. The molecule has 0 unspecified atom stereocenters. The summed E-state index contributed by atoms with van der Waals surface area (Å²) in [5.41, 5.74) is 0.908. The fraction of sp³-hybridized carbons (Fsp3) is 0.0500. The Morgan fingerprint density at radius 3 is 2.35 bits per heavy atom. The first-order valence-electron chi connectivity index (χ1n) is 8.85. The maximum atomic E-state index is 13.3. The van der Waals surface area contributed by atoms with Gasteiger partial charge in [-0.2, -0.15) is 0 Å². The van der Waals surface area contributed by atoms with Crippen LogP contribution in [0, 0.1) is 0 Å². The number of anilines is 1. The highest BCUT2D eigenvalue weighted by Gasteiger charge is 2.28. The normalized spacial score (nSPS) is 11.5. The molecule has 2 aromatic carbocycles. The van der Waals surface area contributed by atoms with Crippen molar-refractivity contribution >= 4 is 55.8 Å². The van der Waals surface area contributed by atoms with E-state index in [0.717, 1.165) is 9.82 Å². The van der Waals surface area contributed by atoms with E-state index in [1.165, 1.54) is 24.3 Å². The zero-order chi connectivity index (χ0) is 22.2.